The van der Waals surface area contributed by atoms with E-state index in [0.717, 1.165) is 34.3 Å². The van der Waals surface area contributed by atoms with Gasteiger partial charge in [0.05, 0.1) is 11.7 Å². The number of phenols is 1. The van der Waals surface area contributed by atoms with E-state index >= 15 is 0 Å². The zero-order chi connectivity index (χ0) is 22.4. The van der Waals surface area contributed by atoms with Gasteiger partial charge in [-0.15, -0.1) is 0 Å². The van der Waals surface area contributed by atoms with Gasteiger partial charge < -0.3 is 15.0 Å². The summed E-state index contributed by atoms with van der Waals surface area (Å²) in [7, 11) is 0. The molecular weight excluding hydrogens is 412 g/mol. The van der Waals surface area contributed by atoms with Gasteiger partial charge in [-0.1, -0.05) is 60.7 Å². The molecule has 0 bridgehead atoms. The molecule has 6 heteroatoms. The first-order valence-corrected chi connectivity index (χ1v) is 11.0. The van der Waals surface area contributed by atoms with Crippen molar-refractivity contribution in [2.75, 3.05) is 6.54 Å². The lowest BCUT2D eigenvalue weighted by Crippen LogP contribution is -2.31. The molecule has 1 aliphatic heterocycles. The Morgan fingerprint density at radius 1 is 0.939 bits per heavy atom. The van der Waals surface area contributed by atoms with Crippen molar-refractivity contribution in [2.24, 2.45) is 0 Å². The number of carbonyl (C=O) groups is 1. The summed E-state index contributed by atoms with van der Waals surface area (Å²) >= 11 is 0. The molecule has 3 aromatic carbocycles. The zero-order valence-electron chi connectivity index (χ0n) is 17.8. The van der Waals surface area contributed by atoms with Crippen LogP contribution >= 0.6 is 0 Å². The van der Waals surface area contributed by atoms with E-state index in [1.165, 1.54) is 10.9 Å². The van der Waals surface area contributed by atoms with E-state index in [1.54, 1.807) is 12.1 Å². The fraction of sp³-hybridized carbons (Fsp3) is 0.111. The lowest BCUT2D eigenvalue weighted by molar-refractivity contribution is 0.0746. The highest BCUT2D eigenvalue weighted by Crippen LogP contribution is 2.43. The summed E-state index contributed by atoms with van der Waals surface area (Å²) in [6, 6.07) is 24.9. The predicted molar refractivity (Wildman–Crippen MR) is 127 cm³/mol. The maximum Gasteiger partial charge on any atom is 0.273 e. The number of nitrogens with zero attached hydrogens (tertiary/aromatic N) is 2. The fourth-order valence-electron chi connectivity index (χ4n) is 4.83. The van der Waals surface area contributed by atoms with Crippen molar-refractivity contribution in [1.29, 1.82) is 0 Å². The highest BCUT2D eigenvalue weighted by Gasteiger charge is 2.41. The van der Waals surface area contributed by atoms with Crippen LogP contribution in [0.5, 0.6) is 5.75 Å². The summed E-state index contributed by atoms with van der Waals surface area (Å²) < 4.78 is 0. The van der Waals surface area contributed by atoms with Gasteiger partial charge in [0, 0.05) is 34.8 Å². The van der Waals surface area contributed by atoms with Gasteiger partial charge in [0.15, 0.2) is 0 Å². The molecule has 3 heterocycles. The normalized spacial score (nSPS) is 15.3. The molecule has 6 nitrogen and oxygen atoms in total. The highest BCUT2D eigenvalue weighted by molar-refractivity contribution is 6.00. The average Bonchev–Trinajstić information content (AvgIpc) is 3.53. The lowest BCUT2D eigenvalue weighted by atomic mass is 9.96. The molecule has 0 saturated carbocycles. The molecule has 1 amide bonds. The maximum absolute atomic E-state index is 13.5. The minimum absolute atomic E-state index is 0.0578. The summed E-state index contributed by atoms with van der Waals surface area (Å²) in [6.07, 6.45) is 2.75. The number of aromatic hydroxyl groups is 1. The van der Waals surface area contributed by atoms with Crippen LogP contribution in [-0.2, 0) is 6.42 Å². The minimum Gasteiger partial charge on any atom is -0.508 e. The van der Waals surface area contributed by atoms with Gasteiger partial charge in [0.2, 0.25) is 0 Å². The Hall–Kier alpha value is -4.32. The van der Waals surface area contributed by atoms with Crippen molar-refractivity contribution >= 4 is 16.8 Å². The monoisotopic (exact) mass is 434 g/mol. The third kappa shape index (κ3) is 3.19. The van der Waals surface area contributed by atoms with Crippen LogP contribution in [0.1, 0.15) is 33.2 Å². The minimum atomic E-state index is -0.285. The first kappa shape index (κ1) is 19.4. The first-order valence-electron chi connectivity index (χ1n) is 11.0. The van der Waals surface area contributed by atoms with Gasteiger partial charge in [-0.2, -0.15) is 5.10 Å². The summed E-state index contributed by atoms with van der Waals surface area (Å²) in [6.45, 7) is 0.559. The molecule has 6 rings (SSSR count). The number of aromatic nitrogens is 3. The summed E-state index contributed by atoms with van der Waals surface area (Å²) in [5, 5.41) is 18.5. The Labute approximate surface area is 190 Å². The Morgan fingerprint density at radius 2 is 1.70 bits per heavy atom. The Bertz CT molecular complexity index is 1450. The van der Waals surface area contributed by atoms with E-state index in [-0.39, 0.29) is 17.7 Å². The third-order valence-electron chi connectivity index (χ3n) is 6.42. The number of hydrogen-bond donors (Lipinski definition) is 3. The quantitative estimate of drug-likeness (QED) is 0.362. The van der Waals surface area contributed by atoms with Crippen LogP contribution in [0.3, 0.4) is 0 Å². The van der Waals surface area contributed by atoms with Crippen molar-refractivity contribution in [3.8, 4) is 17.0 Å². The number of hydrogen-bond acceptors (Lipinski definition) is 3. The zero-order valence-corrected chi connectivity index (χ0v) is 17.8. The van der Waals surface area contributed by atoms with Crippen LogP contribution in [0.4, 0.5) is 0 Å². The number of carbonyl (C=O) groups excluding carboxylic acids is 1. The largest absolute Gasteiger partial charge is 0.508 e. The van der Waals surface area contributed by atoms with Crippen LogP contribution in [-0.4, -0.2) is 37.6 Å². The second-order valence-corrected chi connectivity index (χ2v) is 8.33. The Balaban J connectivity index is 1.41. The number of rotatable bonds is 5. The third-order valence-corrected chi connectivity index (χ3v) is 6.42. The number of phenolic OH excluding ortho intramolecular Hbond substituents is 1. The Morgan fingerprint density at radius 3 is 2.52 bits per heavy atom. The standard InChI is InChI=1S/C27H22N4O2/c32-20-12-10-18(11-13-20)26-23-24(17-6-2-1-3-7-17)29-30-25(23)27(33)31(26)15-14-19-16-28-22-9-5-4-8-21(19)22/h1-13,16,26,28,32H,14-15H2,(H,29,30)/t26-/m0/s1. The van der Waals surface area contributed by atoms with E-state index < -0.39 is 0 Å². The molecule has 0 spiro atoms. The van der Waals surface area contributed by atoms with Crippen LogP contribution in [0, 0.1) is 0 Å². The van der Waals surface area contributed by atoms with E-state index in [1.807, 2.05) is 65.7 Å². The van der Waals surface area contributed by atoms with Crippen LogP contribution in [0.2, 0.25) is 0 Å². The van der Waals surface area contributed by atoms with E-state index in [4.69, 9.17) is 0 Å². The molecule has 0 aliphatic carbocycles. The number of para-hydroxylation sites is 1. The molecular formula is C27H22N4O2. The van der Waals surface area contributed by atoms with Crippen molar-refractivity contribution in [3.63, 3.8) is 0 Å². The molecule has 33 heavy (non-hydrogen) atoms. The van der Waals surface area contributed by atoms with Gasteiger partial charge >= 0.3 is 0 Å². The van der Waals surface area contributed by atoms with Crippen LogP contribution in [0.25, 0.3) is 22.2 Å². The van der Waals surface area contributed by atoms with Gasteiger partial charge in [-0.25, -0.2) is 0 Å². The number of H-pyrrole nitrogens is 2. The number of aromatic amines is 2. The Kier molecular flexibility index (Phi) is 4.50. The molecule has 162 valence electrons. The van der Waals surface area contributed by atoms with E-state index in [9.17, 15) is 9.90 Å². The molecule has 2 aromatic heterocycles. The molecule has 1 atom stereocenters. The van der Waals surface area contributed by atoms with Gasteiger partial charge in [0.25, 0.3) is 5.91 Å². The summed E-state index contributed by atoms with van der Waals surface area (Å²) in [4.78, 5) is 18.7. The lowest BCUT2D eigenvalue weighted by Gasteiger charge is -2.26. The van der Waals surface area contributed by atoms with Crippen molar-refractivity contribution in [2.45, 2.75) is 12.5 Å². The fourth-order valence-corrected chi connectivity index (χ4v) is 4.83. The second kappa shape index (κ2) is 7.67. The summed E-state index contributed by atoms with van der Waals surface area (Å²) in [5.41, 5.74) is 6.38. The number of benzene rings is 3. The van der Waals surface area contributed by atoms with Crippen molar-refractivity contribution in [1.82, 2.24) is 20.1 Å². The SMILES string of the molecule is O=C1c2[nH]nc(-c3ccccc3)c2[C@H](c2ccc(O)cc2)N1CCc1c[nH]c2ccccc12. The van der Waals surface area contributed by atoms with Crippen LogP contribution < -0.4 is 0 Å². The van der Waals surface area contributed by atoms with Gasteiger partial charge in [-0.05, 0) is 35.7 Å². The van der Waals surface area contributed by atoms with Gasteiger partial charge in [-0.3, -0.25) is 9.89 Å². The summed E-state index contributed by atoms with van der Waals surface area (Å²) in [5.74, 6) is 0.140. The number of amides is 1. The molecule has 5 aromatic rings. The second-order valence-electron chi connectivity index (χ2n) is 8.33. The molecule has 0 saturated heterocycles. The smallest absolute Gasteiger partial charge is 0.273 e. The van der Waals surface area contributed by atoms with E-state index in [2.05, 4.69) is 27.3 Å². The average molecular weight is 434 g/mol. The first-order chi connectivity index (χ1) is 16.2. The molecule has 0 radical (unpaired) electrons. The highest BCUT2D eigenvalue weighted by atomic mass is 16.3. The topological polar surface area (TPSA) is 85.0 Å². The molecule has 0 unspecified atom stereocenters. The van der Waals surface area contributed by atoms with Gasteiger partial charge in [0.1, 0.15) is 11.4 Å². The van der Waals surface area contributed by atoms with Crippen molar-refractivity contribution < 1.29 is 9.90 Å². The van der Waals surface area contributed by atoms with E-state index in [0.29, 0.717) is 12.2 Å². The molecule has 3 N–H and O–H groups in total. The number of fused-ring (bicyclic) bond motifs is 2. The van der Waals surface area contributed by atoms with Crippen LogP contribution in [0.15, 0.2) is 85.1 Å². The maximum atomic E-state index is 13.5. The number of nitrogens with one attached hydrogen (secondary N) is 2. The molecule has 0 fully saturated rings. The predicted octanol–water partition coefficient (Wildman–Crippen LogP) is 5.05. The molecule has 1 aliphatic rings. The van der Waals surface area contributed by atoms with Crippen molar-refractivity contribution in [3.05, 3.63) is 107 Å².